The highest BCUT2D eigenvalue weighted by molar-refractivity contribution is 5.21. The third-order valence-electron chi connectivity index (χ3n) is 24.3. The first kappa shape index (κ1) is 98.8. The van der Waals surface area contributed by atoms with Crippen molar-refractivity contribution >= 4 is 0 Å². The van der Waals surface area contributed by atoms with Crippen molar-refractivity contribution in [3.05, 3.63) is 207 Å². The third kappa shape index (κ3) is 37.0. The van der Waals surface area contributed by atoms with Crippen LogP contribution in [0.1, 0.15) is 170 Å². The Kier molecular flexibility index (Phi) is 43.0. The van der Waals surface area contributed by atoms with Crippen LogP contribution in [0.5, 0.6) is 0 Å². The SMILES string of the molecule is CC(C)N1CCN(Cc2ccc(F)cn2)CC1.CC(C)N1CCN(Cc2cncc(F)c2)CC1.Cc1cc(CN2CCN(C(C)C)CC2)cc(C)n1.Cc1cc(CN2CCN(C(C)C)CC2)ccn1.Cc1ccc(CN2CCN(C(C)C)CC2)cn1.Cc1ccc(CN2CCN(C(C)C)CC2)nc1.Cc1cncc(CN2CCN(C(C)C)CC2)c1. The number of aryl methyl sites for hydroxylation is 6. The highest BCUT2D eigenvalue weighted by Gasteiger charge is 2.26. The van der Waals surface area contributed by atoms with Crippen molar-refractivity contribution in [2.24, 2.45) is 0 Å². The largest absolute Gasteiger partial charge is 0.298 e. The molecule has 0 N–H and O–H groups in total. The number of hydrogen-bond donors (Lipinski definition) is 0. The molecule has 14 rings (SSSR count). The van der Waals surface area contributed by atoms with Gasteiger partial charge in [0, 0.05) is 331 Å². The van der Waals surface area contributed by atoms with E-state index in [1.165, 1.54) is 175 Å². The maximum atomic E-state index is 13.0. The first-order valence-electron chi connectivity index (χ1n) is 45.5. The van der Waals surface area contributed by atoms with Crippen LogP contribution in [-0.2, 0) is 45.8 Å². The summed E-state index contributed by atoms with van der Waals surface area (Å²) in [4.78, 5) is 64.8. The number of rotatable bonds is 21. The molecule has 664 valence electrons. The number of piperazine rings is 7. The fourth-order valence-electron chi connectivity index (χ4n) is 16.5. The lowest BCUT2D eigenvalue weighted by molar-refractivity contribution is 0.103. The van der Waals surface area contributed by atoms with Crippen LogP contribution < -0.4 is 0 Å². The lowest BCUT2D eigenvalue weighted by Gasteiger charge is -2.37. The highest BCUT2D eigenvalue weighted by atomic mass is 19.1. The smallest absolute Gasteiger partial charge is 0.141 e. The Morgan fingerprint density at radius 2 is 0.575 bits per heavy atom. The average Bonchev–Trinajstić information content (AvgIpc) is 0.867. The van der Waals surface area contributed by atoms with Crippen LogP contribution in [-0.4, -0.2) is 329 Å². The molecular formula is C97H157F2N21. The van der Waals surface area contributed by atoms with E-state index in [4.69, 9.17) is 0 Å². The number of nitrogens with zero attached hydrogens (tertiary/aromatic N) is 21. The van der Waals surface area contributed by atoms with E-state index < -0.39 is 0 Å². The van der Waals surface area contributed by atoms with Gasteiger partial charge in [0.1, 0.15) is 11.6 Å². The number of aromatic nitrogens is 7. The Bertz CT molecular complexity index is 3540. The van der Waals surface area contributed by atoms with Gasteiger partial charge in [-0.2, -0.15) is 0 Å². The summed E-state index contributed by atoms with van der Waals surface area (Å²) in [5, 5.41) is 0. The van der Waals surface area contributed by atoms with Crippen molar-refractivity contribution in [3.8, 4) is 0 Å². The monoisotopic (exact) mass is 1650 g/mol. The summed E-state index contributed by atoms with van der Waals surface area (Å²) >= 11 is 0. The van der Waals surface area contributed by atoms with Gasteiger partial charge in [-0.3, -0.25) is 103 Å². The molecular weight excluding hydrogens is 1500 g/mol. The van der Waals surface area contributed by atoms with E-state index in [0.29, 0.717) is 42.3 Å². The first-order valence-corrected chi connectivity index (χ1v) is 45.5. The molecule has 0 aromatic carbocycles. The Morgan fingerprint density at radius 1 is 0.242 bits per heavy atom. The molecule has 0 atom stereocenters. The second-order valence-corrected chi connectivity index (χ2v) is 36.4. The van der Waals surface area contributed by atoms with Gasteiger partial charge in [0.05, 0.1) is 23.8 Å². The van der Waals surface area contributed by atoms with Gasteiger partial charge in [-0.05, 0) is 232 Å². The lowest BCUT2D eigenvalue weighted by Crippen LogP contribution is -2.48. The van der Waals surface area contributed by atoms with Crippen LogP contribution in [0.3, 0.4) is 0 Å². The van der Waals surface area contributed by atoms with Gasteiger partial charge in [0.25, 0.3) is 0 Å². The zero-order valence-electron chi connectivity index (χ0n) is 78.0. The average molecular weight is 1660 g/mol. The minimum Gasteiger partial charge on any atom is -0.298 e. The summed E-state index contributed by atoms with van der Waals surface area (Å²) < 4.78 is 25.7. The molecule has 23 heteroatoms. The summed E-state index contributed by atoms with van der Waals surface area (Å²) in [7, 11) is 0. The van der Waals surface area contributed by atoms with Crippen molar-refractivity contribution < 1.29 is 8.78 Å². The molecule has 7 saturated heterocycles. The number of hydrogen-bond acceptors (Lipinski definition) is 21. The summed E-state index contributed by atoms with van der Waals surface area (Å²) in [5.74, 6) is -0.512. The van der Waals surface area contributed by atoms with E-state index in [0.717, 1.165) is 145 Å². The first-order chi connectivity index (χ1) is 57.4. The van der Waals surface area contributed by atoms with E-state index in [1.54, 1.807) is 18.3 Å². The number of pyridine rings is 7. The van der Waals surface area contributed by atoms with Crippen LogP contribution in [0, 0.1) is 53.2 Å². The highest BCUT2D eigenvalue weighted by Crippen LogP contribution is 2.19. The fraction of sp³-hybridized carbons (Fsp3) is 0.639. The van der Waals surface area contributed by atoms with Gasteiger partial charge in [-0.25, -0.2) is 8.78 Å². The Balaban J connectivity index is 0.000000174. The third-order valence-corrected chi connectivity index (χ3v) is 24.3. The quantitative estimate of drug-likeness (QED) is 0.0674. The van der Waals surface area contributed by atoms with Crippen LogP contribution in [0.4, 0.5) is 8.78 Å². The van der Waals surface area contributed by atoms with Crippen molar-refractivity contribution in [1.29, 1.82) is 0 Å². The molecule has 0 saturated carbocycles. The predicted molar refractivity (Wildman–Crippen MR) is 492 cm³/mol. The van der Waals surface area contributed by atoms with Crippen LogP contribution in [0.15, 0.2) is 122 Å². The zero-order valence-corrected chi connectivity index (χ0v) is 78.0. The van der Waals surface area contributed by atoms with Crippen LogP contribution in [0.2, 0.25) is 0 Å². The maximum Gasteiger partial charge on any atom is 0.141 e. The van der Waals surface area contributed by atoms with E-state index in [9.17, 15) is 8.78 Å². The molecule has 7 aromatic rings. The van der Waals surface area contributed by atoms with E-state index in [1.807, 2.05) is 37.9 Å². The molecule has 0 aliphatic carbocycles. The van der Waals surface area contributed by atoms with Crippen LogP contribution >= 0.6 is 0 Å². The van der Waals surface area contributed by atoms with Gasteiger partial charge in [-0.15, -0.1) is 0 Å². The molecule has 0 bridgehead atoms. The summed E-state index contributed by atoms with van der Waals surface area (Å²) in [6.07, 6.45) is 14.1. The van der Waals surface area contributed by atoms with Gasteiger partial charge in [-0.1, -0.05) is 18.2 Å². The molecule has 7 aliphatic rings. The van der Waals surface area contributed by atoms with Crippen molar-refractivity contribution in [3.63, 3.8) is 0 Å². The Hall–Kier alpha value is -6.65. The van der Waals surface area contributed by atoms with E-state index in [2.05, 4.69) is 290 Å². The van der Waals surface area contributed by atoms with Gasteiger partial charge in [0.2, 0.25) is 0 Å². The van der Waals surface area contributed by atoms with Crippen molar-refractivity contribution in [2.75, 3.05) is 183 Å². The molecule has 7 fully saturated rings. The van der Waals surface area contributed by atoms with Crippen LogP contribution in [0.25, 0.3) is 0 Å². The minimum absolute atomic E-state index is 0.247. The summed E-state index contributed by atoms with van der Waals surface area (Å²) in [6.45, 7) is 83.3. The molecule has 0 radical (unpaired) electrons. The van der Waals surface area contributed by atoms with Crippen molar-refractivity contribution in [1.82, 2.24) is 103 Å². The van der Waals surface area contributed by atoms with E-state index in [-0.39, 0.29) is 11.6 Å². The second-order valence-electron chi connectivity index (χ2n) is 36.4. The standard InChI is InChI=1S/C15H25N3.4C14H23N3.2C13H20FN3/c1-12(2)18-7-5-17(6-8-18)11-15-9-13(3)16-14(4)10-15;1-12(2)17-6-4-16(5-7-17)11-14-8-13(3)9-15-10-14;1-12(2)17-8-6-16(7-9-17)11-14-4-5-15-13(3)10-14;1-12(2)17-8-6-16(7-9-17)11-14-5-4-13(3)15-10-14;1-12(2)17-8-6-16(7-9-17)11-14-5-4-13(3)10-15-14;1-11(2)17-5-3-16(4-6-17)10-12-7-13(14)9-15-8-12;1-11(2)17-7-5-16(6-8-17)10-13-4-3-12(14)9-15-13/h9-10,12H,5-8,11H2,1-4H3;8-10,12H,4-7,11H2,1-3H3;3*4-5,10,12H,6-9,11H2,1-3H3;7-9,11H,3-6,10H2,1-2H3;3-4,9,11H,5-8,10H2,1-2H3. The molecule has 120 heavy (non-hydrogen) atoms. The van der Waals surface area contributed by atoms with Gasteiger partial charge >= 0.3 is 0 Å². The van der Waals surface area contributed by atoms with Crippen molar-refractivity contribution in [2.45, 2.75) is 227 Å². The molecule has 7 aliphatic heterocycles. The van der Waals surface area contributed by atoms with Gasteiger partial charge in [0.15, 0.2) is 0 Å². The predicted octanol–water partition coefficient (Wildman–Crippen LogP) is 13.4. The summed E-state index contributed by atoms with van der Waals surface area (Å²) in [5.41, 5.74) is 15.5. The van der Waals surface area contributed by atoms with E-state index >= 15 is 0 Å². The number of halogens is 2. The maximum absolute atomic E-state index is 13.0. The Morgan fingerprint density at radius 3 is 0.900 bits per heavy atom. The lowest BCUT2D eigenvalue weighted by atomic mass is 10.1. The molecule has 0 amide bonds. The molecule has 14 heterocycles. The Labute approximate surface area is 725 Å². The minimum atomic E-state index is -0.265. The fourth-order valence-corrected chi connectivity index (χ4v) is 16.5. The van der Waals surface area contributed by atoms with Gasteiger partial charge < -0.3 is 0 Å². The zero-order chi connectivity index (χ0) is 86.6. The topological polar surface area (TPSA) is 136 Å². The molecule has 21 nitrogen and oxygen atoms in total. The second kappa shape index (κ2) is 52.2. The summed E-state index contributed by atoms with van der Waals surface area (Å²) in [6, 6.07) is 29.0. The normalized spacial score (nSPS) is 18.8. The molecule has 0 spiro atoms. The molecule has 7 aromatic heterocycles. The molecule has 0 unspecified atom stereocenters.